The molecule has 1 atom stereocenters. The number of nitrogens with zero attached hydrogens (tertiary/aromatic N) is 1. The van der Waals surface area contributed by atoms with Crippen molar-refractivity contribution in [1.82, 2.24) is 10.2 Å². The molecule has 88 valence electrons. The molecule has 0 amide bonds. The molecular weight excluding hydrogens is 188 g/mol. The summed E-state index contributed by atoms with van der Waals surface area (Å²) in [6, 6.07) is 0.599. The van der Waals surface area contributed by atoms with E-state index in [-0.39, 0.29) is 0 Å². The topological polar surface area (TPSA) is 24.5 Å². The minimum Gasteiger partial charge on any atom is -0.379 e. The van der Waals surface area contributed by atoms with Crippen molar-refractivity contribution in [2.24, 2.45) is 0 Å². The Morgan fingerprint density at radius 3 is 2.60 bits per heavy atom. The van der Waals surface area contributed by atoms with Crippen LogP contribution < -0.4 is 5.32 Å². The van der Waals surface area contributed by atoms with Crippen molar-refractivity contribution in [3.63, 3.8) is 0 Å². The number of likely N-dealkylation sites (tertiary alicyclic amines) is 1. The summed E-state index contributed by atoms with van der Waals surface area (Å²) in [5.41, 5.74) is 0. The quantitative estimate of drug-likeness (QED) is 0.762. The molecule has 1 unspecified atom stereocenters. The summed E-state index contributed by atoms with van der Waals surface area (Å²) in [7, 11) is 0. The van der Waals surface area contributed by atoms with Crippen LogP contribution >= 0.6 is 0 Å². The highest BCUT2D eigenvalue weighted by atomic mass is 16.5. The van der Waals surface area contributed by atoms with Gasteiger partial charge in [0.2, 0.25) is 0 Å². The fourth-order valence-electron chi connectivity index (χ4n) is 2.50. The molecule has 3 nitrogen and oxygen atoms in total. The molecule has 0 aromatic carbocycles. The second kappa shape index (κ2) is 6.46. The normalized spacial score (nSPS) is 30.0. The van der Waals surface area contributed by atoms with Gasteiger partial charge in [-0.1, -0.05) is 12.8 Å². The van der Waals surface area contributed by atoms with Gasteiger partial charge in [-0.05, 0) is 38.9 Å². The van der Waals surface area contributed by atoms with Crippen LogP contribution in [-0.4, -0.2) is 50.3 Å². The van der Waals surface area contributed by atoms with Gasteiger partial charge < -0.3 is 15.0 Å². The highest BCUT2D eigenvalue weighted by Gasteiger charge is 2.15. The molecule has 0 aliphatic carbocycles. The highest BCUT2D eigenvalue weighted by Crippen LogP contribution is 2.10. The van der Waals surface area contributed by atoms with Gasteiger partial charge in [0.1, 0.15) is 0 Å². The van der Waals surface area contributed by atoms with Crippen LogP contribution in [0.5, 0.6) is 0 Å². The van der Waals surface area contributed by atoms with E-state index in [2.05, 4.69) is 10.2 Å². The minimum absolute atomic E-state index is 0.599. The molecule has 2 aliphatic heterocycles. The third kappa shape index (κ3) is 4.09. The van der Waals surface area contributed by atoms with Crippen LogP contribution in [0.3, 0.4) is 0 Å². The van der Waals surface area contributed by atoms with E-state index in [9.17, 15) is 0 Å². The molecule has 3 heteroatoms. The Kier molecular flexibility index (Phi) is 4.90. The number of hydrogen-bond donors (Lipinski definition) is 1. The van der Waals surface area contributed by atoms with Gasteiger partial charge in [0.15, 0.2) is 0 Å². The second-order valence-corrected chi connectivity index (χ2v) is 4.77. The van der Waals surface area contributed by atoms with Gasteiger partial charge in [-0.3, -0.25) is 0 Å². The average Bonchev–Trinajstić information content (AvgIpc) is 2.56. The molecule has 2 rings (SSSR count). The third-order valence-electron chi connectivity index (χ3n) is 3.49. The molecule has 0 aromatic rings. The summed E-state index contributed by atoms with van der Waals surface area (Å²) in [6.45, 7) is 6.71. The van der Waals surface area contributed by atoms with E-state index in [1.54, 1.807) is 0 Å². The molecule has 2 aliphatic rings. The fourth-order valence-corrected chi connectivity index (χ4v) is 2.50. The molecule has 0 bridgehead atoms. The number of rotatable bonds is 3. The summed E-state index contributed by atoms with van der Waals surface area (Å²) in [4.78, 5) is 2.63. The largest absolute Gasteiger partial charge is 0.379 e. The molecule has 2 heterocycles. The van der Waals surface area contributed by atoms with E-state index in [0.717, 1.165) is 19.8 Å². The molecule has 1 N–H and O–H groups in total. The Morgan fingerprint density at radius 1 is 1.13 bits per heavy atom. The summed E-state index contributed by atoms with van der Waals surface area (Å²) < 4.78 is 5.47. The van der Waals surface area contributed by atoms with Crippen LogP contribution in [0.15, 0.2) is 0 Å². The summed E-state index contributed by atoms with van der Waals surface area (Å²) in [5.74, 6) is 0. The molecule has 0 spiro atoms. The molecule has 15 heavy (non-hydrogen) atoms. The van der Waals surface area contributed by atoms with Crippen LogP contribution in [0.25, 0.3) is 0 Å². The predicted molar refractivity (Wildman–Crippen MR) is 62.1 cm³/mol. The number of ether oxygens (including phenoxy) is 1. The first-order valence-electron chi connectivity index (χ1n) is 6.48. The predicted octanol–water partition coefficient (Wildman–Crippen LogP) is 1.24. The van der Waals surface area contributed by atoms with E-state index >= 15 is 0 Å². The lowest BCUT2D eigenvalue weighted by Crippen LogP contribution is -2.43. The lowest BCUT2D eigenvalue weighted by atomic mass is 10.2. The first kappa shape index (κ1) is 11.4. The average molecular weight is 212 g/mol. The summed E-state index contributed by atoms with van der Waals surface area (Å²) in [5, 5.41) is 3.52. The van der Waals surface area contributed by atoms with Crippen LogP contribution in [0.1, 0.15) is 32.1 Å². The smallest absolute Gasteiger partial charge is 0.0620 e. The molecule has 2 fully saturated rings. The van der Waals surface area contributed by atoms with Crippen molar-refractivity contribution < 1.29 is 4.74 Å². The van der Waals surface area contributed by atoms with Crippen molar-refractivity contribution in [2.45, 2.75) is 38.1 Å². The van der Waals surface area contributed by atoms with Crippen LogP contribution in [-0.2, 0) is 4.74 Å². The first-order chi connectivity index (χ1) is 7.45. The van der Waals surface area contributed by atoms with E-state index in [4.69, 9.17) is 4.74 Å². The first-order valence-corrected chi connectivity index (χ1v) is 6.48. The SMILES string of the molecule is C1CCCN(CCC2COCCN2)CC1. The number of morpholine rings is 1. The third-order valence-corrected chi connectivity index (χ3v) is 3.49. The maximum atomic E-state index is 5.47. The Hall–Kier alpha value is -0.120. The standard InChI is InChI=1S/C12H24N2O/c1-2-4-8-14(7-3-1)9-5-12-11-15-10-6-13-12/h12-13H,1-11H2. The van der Waals surface area contributed by atoms with Gasteiger partial charge in [-0.25, -0.2) is 0 Å². The van der Waals surface area contributed by atoms with E-state index < -0.39 is 0 Å². The van der Waals surface area contributed by atoms with Crippen molar-refractivity contribution in [3.8, 4) is 0 Å². The molecule has 0 aromatic heterocycles. The molecule has 0 radical (unpaired) electrons. The summed E-state index contributed by atoms with van der Waals surface area (Å²) in [6.07, 6.45) is 6.91. The fraction of sp³-hybridized carbons (Fsp3) is 1.00. The van der Waals surface area contributed by atoms with E-state index in [1.807, 2.05) is 0 Å². The number of nitrogens with one attached hydrogen (secondary N) is 1. The lowest BCUT2D eigenvalue weighted by Gasteiger charge is -2.27. The van der Waals surface area contributed by atoms with E-state index in [1.165, 1.54) is 51.7 Å². The van der Waals surface area contributed by atoms with E-state index in [0.29, 0.717) is 6.04 Å². The maximum absolute atomic E-state index is 5.47. The zero-order valence-electron chi connectivity index (χ0n) is 9.71. The van der Waals surface area contributed by atoms with Crippen LogP contribution in [0.4, 0.5) is 0 Å². The monoisotopic (exact) mass is 212 g/mol. The van der Waals surface area contributed by atoms with Gasteiger partial charge in [0.25, 0.3) is 0 Å². The second-order valence-electron chi connectivity index (χ2n) is 4.77. The lowest BCUT2D eigenvalue weighted by molar-refractivity contribution is 0.0701. The van der Waals surface area contributed by atoms with Gasteiger partial charge in [0, 0.05) is 12.6 Å². The van der Waals surface area contributed by atoms with Crippen molar-refractivity contribution in [3.05, 3.63) is 0 Å². The summed E-state index contributed by atoms with van der Waals surface area (Å²) >= 11 is 0. The van der Waals surface area contributed by atoms with Crippen LogP contribution in [0, 0.1) is 0 Å². The zero-order valence-corrected chi connectivity index (χ0v) is 9.71. The van der Waals surface area contributed by atoms with Crippen LogP contribution in [0.2, 0.25) is 0 Å². The Morgan fingerprint density at radius 2 is 1.93 bits per heavy atom. The van der Waals surface area contributed by atoms with Gasteiger partial charge >= 0.3 is 0 Å². The highest BCUT2D eigenvalue weighted by molar-refractivity contribution is 4.73. The van der Waals surface area contributed by atoms with Crippen molar-refractivity contribution in [2.75, 3.05) is 39.4 Å². The molecular formula is C12H24N2O. The zero-order chi connectivity index (χ0) is 10.3. The van der Waals surface area contributed by atoms with Gasteiger partial charge in [-0.15, -0.1) is 0 Å². The Bertz CT molecular complexity index is 161. The Labute approximate surface area is 93.2 Å². The Balaban J connectivity index is 1.62. The minimum atomic E-state index is 0.599. The maximum Gasteiger partial charge on any atom is 0.0620 e. The molecule has 2 saturated heterocycles. The number of hydrogen-bond acceptors (Lipinski definition) is 3. The van der Waals surface area contributed by atoms with Crippen molar-refractivity contribution >= 4 is 0 Å². The molecule has 0 saturated carbocycles. The van der Waals surface area contributed by atoms with Crippen molar-refractivity contribution in [1.29, 1.82) is 0 Å². The van der Waals surface area contributed by atoms with Gasteiger partial charge in [0.05, 0.1) is 13.2 Å². The van der Waals surface area contributed by atoms with Gasteiger partial charge in [-0.2, -0.15) is 0 Å².